The minimum atomic E-state index is -4.00. The van der Waals surface area contributed by atoms with Crippen molar-refractivity contribution < 1.29 is 26.4 Å². The van der Waals surface area contributed by atoms with E-state index in [2.05, 4.69) is 5.32 Å². The Hall–Kier alpha value is -2.31. The Bertz CT molecular complexity index is 1130. The van der Waals surface area contributed by atoms with Crippen LogP contribution < -0.4 is 5.32 Å². The topological polar surface area (TPSA) is 113 Å². The van der Waals surface area contributed by atoms with E-state index >= 15 is 0 Å². The second kappa shape index (κ2) is 11.2. The van der Waals surface area contributed by atoms with Crippen LogP contribution in [0.3, 0.4) is 0 Å². The summed E-state index contributed by atoms with van der Waals surface area (Å²) < 4.78 is 60.4. The van der Waals surface area contributed by atoms with Crippen molar-refractivity contribution >= 4 is 26.0 Å². The molecule has 1 amide bonds. The summed E-state index contributed by atoms with van der Waals surface area (Å²) >= 11 is 0. The summed E-state index contributed by atoms with van der Waals surface area (Å²) in [6.07, 6.45) is 0.559. The summed E-state index contributed by atoms with van der Waals surface area (Å²) in [4.78, 5) is 13.2. The van der Waals surface area contributed by atoms with Crippen LogP contribution in [0.2, 0.25) is 0 Å². The molecule has 0 spiro atoms. The first kappa shape index (κ1) is 25.3. The molecule has 9 nitrogen and oxygen atoms in total. The molecule has 180 valence electrons. The van der Waals surface area contributed by atoms with Crippen molar-refractivity contribution in [1.29, 1.82) is 0 Å². The zero-order chi connectivity index (χ0) is 23.9. The van der Waals surface area contributed by atoms with E-state index in [0.29, 0.717) is 26.2 Å². The van der Waals surface area contributed by atoms with Gasteiger partial charge in [0.25, 0.3) is 0 Å². The number of rotatable bonds is 10. The third kappa shape index (κ3) is 5.98. The molecule has 0 radical (unpaired) electrons. The summed E-state index contributed by atoms with van der Waals surface area (Å²) in [6.45, 7) is 2.71. The first-order valence-electron chi connectivity index (χ1n) is 10.8. The molecule has 1 heterocycles. The second-order valence-corrected chi connectivity index (χ2v) is 11.3. The minimum absolute atomic E-state index is 0.0542. The summed E-state index contributed by atoms with van der Waals surface area (Å²) in [5, 5.41) is 2.73. The number of piperazine rings is 1. The normalized spacial score (nSPS) is 18.2. The maximum absolute atomic E-state index is 13.3. The average Bonchev–Trinajstić information content (AvgIpc) is 2.84. The van der Waals surface area contributed by atoms with Crippen LogP contribution in [0, 0.1) is 0 Å². The molecule has 1 saturated heterocycles. The van der Waals surface area contributed by atoms with E-state index in [0.717, 1.165) is 4.31 Å². The zero-order valence-electron chi connectivity index (χ0n) is 18.5. The van der Waals surface area contributed by atoms with E-state index in [1.165, 1.54) is 28.6 Å². The van der Waals surface area contributed by atoms with Crippen LogP contribution in [0.4, 0.5) is 0 Å². The van der Waals surface area contributed by atoms with Gasteiger partial charge in [-0.1, -0.05) is 36.4 Å². The van der Waals surface area contributed by atoms with Gasteiger partial charge in [0.1, 0.15) is 6.04 Å². The fraction of sp³-hybridized carbons (Fsp3) is 0.409. The predicted octanol–water partition coefficient (Wildman–Crippen LogP) is 1.29. The molecule has 3 rings (SSSR count). The van der Waals surface area contributed by atoms with Crippen molar-refractivity contribution in [3.63, 3.8) is 0 Å². The van der Waals surface area contributed by atoms with Crippen molar-refractivity contribution in [3.05, 3.63) is 60.7 Å². The first-order chi connectivity index (χ1) is 15.8. The molecule has 33 heavy (non-hydrogen) atoms. The van der Waals surface area contributed by atoms with E-state index < -0.39 is 32.0 Å². The van der Waals surface area contributed by atoms with Gasteiger partial charge < -0.3 is 10.1 Å². The molecule has 0 aliphatic carbocycles. The van der Waals surface area contributed by atoms with Gasteiger partial charge in [-0.25, -0.2) is 16.8 Å². The lowest BCUT2D eigenvalue weighted by atomic mass is 10.2. The Morgan fingerprint density at radius 1 is 0.939 bits per heavy atom. The molecule has 0 bridgehead atoms. The molecule has 2 aromatic carbocycles. The molecule has 11 heteroatoms. The van der Waals surface area contributed by atoms with E-state index in [-0.39, 0.29) is 29.4 Å². The van der Waals surface area contributed by atoms with Crippen LogP contribution in [0.1, 0.15) is 13.3 Å². The van der Waals surface area contributed by atoms with Crippen LogP contribution in [-0.2, 0) is 29.6 Å². The highest BCUT2D eigenvalue weighted by Gasteiger charge is 2.43. The van der Waals surface area contributed by atoms with E-state index in [4.69, 9.17) is 4.74 Å². The molecule has 0 aromatic heterocycles. The smallest absolute Gasteiger partial charge is 0.243 e. The van der Waals surface area contributed by atoms with E-state index in [1.54, 1.807) is 36.4 Å². The Kier molecular flexibility index (Phi) is 8.60. The van der Waals surface area contributed by atoms with Crippen LogP contribution in [0.15, 0.2) is 70.5 Å². The number of carbonyl (C=O) groups excluding carboxylic acids is 1. The highest BCUT2D eigenvalue weighted by Crippen LogP contribution is 2.25. The minimum Gasteiger partial charge on any atom is -0.382 e. The van der Waals surface area contributed by atoms with Gasteiger partial charge in [-0.15, -0.1) is 0 Å². The van der Waals surface area contributed by atoms with E-state index in [1.807, 2.05) is 6.92 Å². The van der Waals surface area contributed by atoms with Gasteiger partial charge in [-0.05, 0) is 37.6 Å². The largest absolute Gasteiger partial charge is 0.382 e. The Labute approximate surface area is 195 Å². The van der Waals surface area contributed by atoms with Crippen molar-refractivity contribution in [1.82, 2.24) is 13.9 Å². The van der Waals surface area contributed by atoms with Gasteiger partial charge >= 0.3 is 0 Å². The van der Waals surface area contributed by atoms with Crippen LogP contribution >= 0.6 is 0 Å². The number of hydrogen-bond donors (Lipinski definition) is 1. The van der Waals surface area contributed by atoms with Gasteiger partial charge in [0.05, 0.1) is 9.79 Å². The fourth-order valence-corrected chi connectivity index (χ4v) is 6.63. The number of benzene rings is 2. The highest BCUT2D eigenvalue weighted by molar-refractivity contribution is 7.89. The number of amides is 1. The predicted molar refractivity (Wildman–Crippen MR) is 123 cm³/mol. The van der Waals surface area contributed by atoms with Crippen LogP contribution in [-0.4, -0.2) is 76.8 Å². The molecule has 1 fully saturated rings. The second-order valence-electron chi connectivity index (χ2n) is 7.46. The lowest BCUT2D eigenvalue weighted by molar-refractivity contribution is -0.125. The zero-order valence-corrected chi connectivity index (χ0v) is 20.1. The molecule has 1 aliphatic heterocycles. The summed E-state index contributed by atoms with van der Waals surface area (Å²) in [5.41, 5.74) is 0. The molecular weight excluding hydrogens is 466 g/mol. The third-order valence-electron chi connectivity index (χ3n) is 5.30. The quantitative estimate of drug-likeness (QED) is 0.497. The van der Waals surface area contributed by atoms with Gasteiger partial charge in [0.2, 0.25) is 26.0 Å². The van der Waals surface area contributed by atoms with Crippen molar-refractivity contribution in [2.75, 3.05) is 39.4 Å². The fourth-order valence-electron chi connectivity index (χ4n) is 3.58. The van der Waals surface area contributed by atoms with Gasteiger partial charge in [-0.3, -0.25) is 4.79 Å². The Morgan fingerprint density at radius 3 is 2.09 bits per heavy atom. The summed E-state index contributed by atoms with van der Waals surface area (Å²) in [7, 11) is -7.89. The number of nitrogens with one attached hydrogen (secondary N) is 1. The maximum Gasteiger partial charge on any atom is 0.243 e. The number of nitrogens with zero attached hydrogens (tertiary/aromatic N) is 2. The number of ether oxygens (including phenoxy) is 1. The van der Waals surface area contributed by atoms with E-state index in [9.17, 15) is 21.6 Å². The lowest BCUT2D eigenvalue weighted by Crippen LogP contribution is -2.61. The van der Waals surface area contributed by atoms with Crippen molar-refractivity contribution in [3.8, 4) is 0 Å². The standard InChI is InChI=1S/C22H29N3O6S2/c1-2-31-17-9-14-23-22(26)21-18-24(32(27,28)19-10-5-3-6-11-19)15-16-25(21)33(29,30)20-12-7-4-8-13-20/h3-8,10-13,21H,2,9,14-18H2,1H3,(H,23,26)/t21-/m1/s1. The molecule has 0 saturated carbocycles. The van der Waals surface area contributed by atoms with Gasteiger partial charge in [0, 0.05) is 39.4 Å². The number of sulfonamides is 2. The van der Waals surface area contributed by atoms with Crippen LogP contribution in [0.25, 0.3) is 0 Å². The molecule has 2 aromatic rings. The van der Waals surface area contributed by atoms with Crippen molar-refractivity contribution in [2.45, 2.75) is 29.2 Å². The first-order valence-corrected chi connectivity index (χ1v) is 13.6. The maximum atomic E-state index is 13.3. The molecule has 1 atom stereocenters. The SMILES string of the molecule is CCOCCCNC(=O)[C@H]1CN(S(=O)(=O)c2ccccc2)CCN1S(=O)(=O)c1ccccc1. The Balaban J connectivity index is 1.85. The van der Waals surface area contributed by atoms with Gasteiger partial charge in [0.15, 0.2) is 0 Å². The molecule has 0 unspecified atom stereocenters. The molecular formula is C22H29N3O6S2. The molecule has 1 aliphatic rings. The summed E-state index contributed by atoms with van der Waals surface area (Å²) in [6, 6.07) is 14.5. The number of carbonyl (C=O) groups is 1. The van der Waals surface area contributed by atoms with Crippen LogP contribution in [0.5, 0.6) is 0 Å². The molecule has 1 N–H and O–H groups in total. The van der Waals surface area contributed by atoms with Crippen molar-refractivity contribution in [2.24, 2.45) is 0 Å². The highest BCUT2D eigenvalue weighted by atomic mass is 32.2. The Morgan fingerprint density at radius 2 is 1.52 bits per heavy atom. The van der Waals surface area contributed by atoms with Gasteiger partial charge in [-0.2, -0.15) is 8.61 Å². The lowest BCUT2D eigenvalue weighted by Gasteiger charge is -2.38. The summed E-state index contributed by atoms with van der Waals surface area (Å²) in [5.74, 6) is -0.543. The monoisotopic (exact) mass is 495 g/mol. The number of hydrogen-bond acceptors (Lipinski definition) is 6. The average molecular weight is 496 g/mol. The third-order valence-corrected chi connectivity index (χ3v) is 9.10.